The summed E-state index contributed by atoms with van der Waals surface area (Å²) in [5.74, 6) is -0.287. The minimum atomic E-state index is -3.12. The van der Waals surface area contributed by atoms with Crippen LogP contribution in [-0.4, -0.2) is 42.8 Å². The van der Waals surface area contributed by atoms with E-state index in [4.69, 9.17) is 11.6 Å². The molecule has 0 aliphatic heterocycles. The van der Waals surface area contributed by atoms with Crippen LogP contribution in [0.15, 0.2) is 24.5 Å². The molecule has 1 unspecified atom stereocenters. The molecular formula is C20H20ClFN4O3S2. The number of sulfone groups is 1. The van der Waals surface area contributed by atoms with E-state index >= 15 is 0 Å². The molecule has 0 spiro atoms. The largest absolute Gasteiger partial charge is 0.355 e. The first-order valence-electron chi connectivity index (χ1n) is 9.64. The molecule has 31 heavy (non-hydrogen) atoms. The number of fused-ring (bicyclic) bond motifs is 3. The number of halogens is 2. The molecule has 0 bridgehead atoms. The minimum Gasteiger partial charge on any atom is -0.355 e. The van der Waals surface area contributed by atoms with E-state index in [-0.39, 0.29) is 29.1 Å². The third-order valence-electron chi connectivity index (χ3n) is 5.17. The van der Waals surface area contributed by atoms with Crippen molar-refractivity contribution in [2.24, 2.45) is 5.92 Å². The van der Waals surface area contributed by atoms with Gasteiger partial charge in [0.25, 0.3) is 0 Å². The summed E-state index contributed by atoms with van der Waals surface area (Å²) in [6.07, 6.45) is 4.53. The first-order chi connectivity index (χ1) is 14.7. The Kier molecular flexibility index (Phi) is 6.14. The fraction of sp³-hybridized carbons (Fsp3) is 0.350. The van der Waals surface area contributed by atoms with Crippen LogP contribution in [0.25, 0.3) is 10.2 Å². The average Bonchev–Trinajstić information content (AvgIpc) is 3.08. The Morgan fingerprint density at radius 2 is 2.16 bits per heavy atom. The van der Waals surface area contributed by atoms with Crippen LogP contribution in [0.2, 0.25) is 5.02 Å². The highest BCUT2D eigenvalue weighted by Crippen LogP contribution is 2.40. The van der Waals surface area contributed by atoms with Crippen molar-refractivity contribution in [2.45, 2.75) is 19.3 Å². The number of rotatable bonds is 6. The lowest BCUT2D eigenvalue weighted by Crippen LogP contribution is -2.36. The van der Waals surface area contributed by atoms with Crippen molar-refractivity contribution in [3.8, 4) is 0 Å². The quantitative estimate of drug-likeness (QED) is 0.557. The van der Waals surface area contributed by atoms with E-state index in [1.807, 2.05) is 0 Å². The Hall–Kier alpha value is -2.30. The summed E-state index contributed by atoms with van der Waals surface area (Å²) >= 11 is 7.41. The Morgan fingerprint density at radius 1 is 1.35 bits per heavy atom. The smallest absolute Gasteiger partial charge is 0.223 e. The number of carbonyl (C=O) groups is 1. The lowest BCUT2D eigenvalue weighted by molar-refractivity contribution is -0.125. The number of nitrogens with one attached hydrogen (secondary N) is 2. The van der Waals surface area contributed by atoms with Gasteiger partial charge in [-0.1, -0.05) is 11.6 Å². The normalized spacial score (nSPS) is 16.2. The van der Waals surface area contributed by atoms with Crippen molar-refractivity contribution in [2.75, 3.05) is 23.9 Å². The molecule has 0 saturated heterocycles. The minimum absolute atomic E-state index is 0.0207. The van der Waals surface area contributed by atoms with E-state index in [1.165, 1.54) is 29.8 Å². The van der Waals surface area contributed by atoms with E-state index in [1.54, 1.807) is 6.07 Å². The summed E-state index contributed by atoms with van der Waals surface area (Å²) in [6.45, 7) is 0.118. The number of nitrogens with zero attached hydrogens (tertiary/aromatic N) is 2. The molecule has 3 aromatic rings. The summed E-state index contributed by atoms with van der Waals surface area (Å²) < 4.78 is 36.0. The van der Waals surface area contributed by atoms with Gasteiger partial charge in [0.05, 0.1) is 16.2 Å². The number of anilines is 2. The summed E-state index contributed by atoms with van der Waals surface area (Å²) in [4.78, 5) is 23.1. The number of carbonyl (C=O) groups excluding carboxylic acids is 1. The number of aromatic nitrogens is 2. The predicted molar refractivity (Wildman–Crippen MR) is 120 cm³/mol. The fourth-order valence-electron chi connectivity index (χ4n) is 3.64. The van der Waals surface area contributed by atoms with Crippen molar-refractivity contribution in [1.29, 1.82) is 0 Å². The monoisotopic (exact) mass is 482 g/mol. The molecule has 7 nitrogen and oxygen atoms in total. The van der Waals surface area contributed by atoms with Crippen LogP contribution in [0, 0.1) is 11.7 Å². The number of benzene rings is 1. The van der Waals surface area contributed by atoms with Crippen LogP contribution < -0.4 is 10.6 Å². The lowest BCUT2D eigenvalue weighted by Gasteiger charge is -2.21. The fourth-order valence-corrected chi connectivity index (χ4v) is 5.56. The summed E-state index contributed by atoms with van der Waals surface area (Å²) in [7, 11) is -3.12. The van der Waals surface area contributed by atoms with Gasteiger partial charge in [-0.3, -0.25) is 4.79 Å². The topological polar surface area (TPSA) is 101 Å². The van der Waals surface area contributed by atoms with Gasteiger partial charge in [0, 0.05) is 29.3 Å². The van der Waals surface area contributed by atoms with E-state index < -0.39 is 15.7 Å². The lowest BCUT2D eigenvalue weighted by atomic mass is 9.87. The molecule has 1 aliphatic rings. The zero-order valence-corrected chi connectivity index (χ0v) is 19.0. The van der Waals surface area contributed by atoms with Gasteiger partial charge in [-0.2, -0.15) is 0 Å². The number of hydrogen-bond acceptors (Lipinski definition) is 7. The van der Waals surface area contributed by atoms with Crippen molar-refractivity contribution >= 4 is 60.4 Å². The van der Waals surface area contributed by atoms with E-state index in [0.717, 1.165) is 26.9 Å². The van der Waals surface area contributed by atoms with Gasteiger partial charge >= 0.3 is 0 Å². The molecule has 0 fully saturated rings. The third kappa shape index (κ3) is 4.97. The van der Waals surface area contributed by atoms with Gasteiger partial charge in [-0.15, -0.1) is 11.3 Å². The first kappa shape index (κ1) is 21.9. The molecule has 1 aromatic carbocycles. The van der Waals surface area contributed by atoms with Crippen LogP contribution in [0.4, 0.5) is 15.9 Å². The number of amides is 1. The maximum absolute atomic E-state index is 13.5. The summed E-state index contributed by atoms with van der Waals surface area (Å²) in [6, 6.07) is 4.38. The molecule has 164 valence electrons. The molecule has 1 aliphatic carbocycles. The van der Waals surface area contributed by atoms with Crippen LogP contribution in [0.1, 0.15) is 16.9 Å². The highest BCUT2D eigenvalue weighted by Gasteiger charge is 2.29. The number of aryl methyl sites for hydroxylation is 1. The van der Waals surface area contributed by atoms with Gasteiger partial charge in [0.15, 0.2) is 0 Å². The molecule has 4 rings (SSSR count). The van der Waals surface area contributed by atoms with Gasteiger partial charge in [0.2, 0.25) is 5.91 Å². The molecule has 11 heteroatoms. The predicted octanol–water partition coefficient (Wildman–Crippen LogP) is 3.49. The summed E-state index contributed by atoms with van der Waals surface area (Å²) in [5, 5.41) is 6.85. The number of hydrogen-bond donors (Lipinski definition) is 2. The third-order valence-corrected chi connectivity index (χ3v) is 7.57. The molecule has 2 aromatic heterocycles. The van der Waals surface area contributed by atoms with E-state index in [2.05, 4.69) is 20.6 Å². The second kappa shape index (κ2) is 8.68. The summed E-state index contributed by atoms with van der Waals surface area (Å²) in [5.41, 5.74) is 1.72. The van der Waals surface area contributed by atoms with Crippen LogP contribution in [0.5, 0.6) is 0 Å². The molecule has 0 radical (unpaired) electrons. The van der Waals surface area contributed by atoms with Gasteiger partial charge in [0.1, 0.15) is 32.6 Å². The van der Waals surface area contributed by atoms with E-state index in [0.29, 0.717) is 30.8 Å². The molecule has 1 atom stereocenters. The SMILES string of the molecule is CS(=O)(=O)CCNC(=O)C1CCc2c(sc3ncnc(Nc4ccc(F)c(Cl)c4)c23)C1. The van der Waals surface area contributed by atoms with Crippen molar-refractivity contribution in [1.82, 2.24) is 15.3 Å². The number of thiophene rings is 1. The van der Waals surface area contributed by atoms with Crippen molar-refractivity contribution < 1.29 is 17.6 Å². The second-order valence-electron chi connectivity index (χ2n) is 7.52. The Labute approximate surface area is 188 Å². The van der Waals surface area contributed by atoms with Crippen LogP contribution in [0.3, 0.4) is 0 Å². The highest BCUT2D eigenvalue weighted by molar-refractivity contribution is 7.90. The molecule has 0 saturated carbocycles. The zero-order valence-electron chi connectivity index (χ0n) is 16.6. The average molecular weight is 483 g/mol. The Balaban J connectivity index is 1.54. The molecular weight excluding hydrogens is 463 g/mol. The van der Waals surface area contributed by atoms with Crippen LogP contribution >= 0.6 is 22.9 Å². The van der Waals surface area contributed by atoms with Gasteiger partial charge in [-0.25, -0.2) is 22.8 Å². The van der Waals surface area contributed by atoms with Gasteiger partial charge < -0.3 is 10.6 Å². The van der Waals surface area contributed by atoms with E-state index in [9.17, 15) is 17.6 Å². The molecule has 1 amide bonds. The molecule has 2 heterocycles. The zero-order chi connectivity index (χ0) is 22.2. The standard InChI is InChI=1S/C20H20ClFN4O3S2/c1-31(28,29)7-6-23-19(27)11-2-4-13-16(8-11)30-20-17(13)18(24-10-25-20)26-12-3-5-15(22)14(21)9-12/h3,5,9-11H,2,4,6-8H2,1H3,(H,23,27)(H,24,25,26). The Morgan fingerprint density at radius 3 is 2.90 bits per heavy atom. The second-order valence-corrected chi connectivity index (χ2v) is 11.3. The van der Waals surface area contributed by atoms with Crippen molar-refractivity contribution in [3.05, 3.63) is 45.8 Å². The van der Waals surface area contributed by atoms with Gasteiger partial charge in [-0.05, 0) is 43.0 Å². The Bertz CT molecular complexity index is 1260. The van der Waals surface area contributed by atoms with Crippen LogP contribution in [-0.2, 0) is 27.5 Å². The molecule has 2 N–H and O–H groups in total. The maximum atomic E-state index is 13.5. The first-order valence-corrected chi connectivity index (χ1v) is 12.9. The highest BCUT2D eigenvalue weighted by atomic mass is 35.5. The maximum Gasteiger partial charge on any atom is 0.223 e. The van der Waals surface area contributed by atoms with Crippen molar-refractivity contribution in [3.63, 3.8) is 0 Å².